The fourth-order valence-electron chi connectivity index (χ4n) is 4.60. The van der Waals surface area contributed by atoms with Gasteiger partial charge in [0.25, 0.3) is 5.91 Å². The van der Waals surface area contributed by atoms with Gasteiger partial charge in [-0.3, -0.25) is 4.79 Å². The van der Waals surface area contributed by atoms with E-state index in [2.05, 4.69) is 25.7 Å². The van der Waals surface area contributed by atoms with Gasteiger partial charge in [-0.2, -0.15) is 0 Å². The highest BCUT2D eigenvalue weighted by Gasteiger charge is 2.50. The molecule has 1 aromatic carbocycles. The van der Waals surface area contributed by atoms with Crippen molar-refractivity contribution >= 4 is 5.91 Å². The van der Waals surface area contributed by atoms with E-state index in [1.807, 2.05) is 24.3 Å². The van der Waals surface area contributed by atoms with Crippen molar-refractivity contribution in [3.8, 4) is 5.75 Å². The Morgan fingerprint density at radius 3 is 2.48 bits per heavy atom. The molecule has 21 heavy (non-hydrogen) atoms. The summed E-state index contributed by atoms with van der Waals surface area (Å²) in [4.78, 5) is 14.9. The zero-order valence-electron chi connectivity index (χ0n) is 13.5. The lowest BCUT2D eigenvalue weighted by Gasteiger charge is -2.39. The first-order valence-corrected chi connectivity index (χ1v) is 7.77. The van der Waals surface area contributed by atoms with Gasteiger partial charge in [0.05, 0.1) is 7.11 Å². The van der Waals surface area contributed by atoms with Crippen LogP contribution in [-0.4, -0.2) is 30.5 Å². The lowest BCUT2D eigenvalue weighted by Crippen LogP contribution is -2.37. The molecule has 3 heteroatoms. The van der Waals surface area contributed by atoms with Crippen LogP contribution in [-0.2, 0) is 0 Å². The highest BCUT2D eigenvalue weighted by Crippen LogP contribution is 2.52. The minimum absolute atomic E-state index is 0.170. The summed E-state index contributed by atoms with van der Waals surface area (Å²) < 4.78 is 5.16. The second kappa shape index (κ2) is 4.75. The highest BCUT2D eigenvalue weighted by molar-refractivity contribution is 5.94. The summed E-state index contributed by atoms with van der Waals surface area (Å²) in [5, 5.41) is 0. The van der Waals surface area contributed by atoms with Crippen molar-refractivity contribution in [1.29, 1.82) is 0 Å². The molecular weight excluding hydrogens is 262 g/mol. The Labute approximate surface area is 127 Å². The Kier molecular flexibility index (Phi) is 3.27. The largest absolute Gasteiger partial charge is 0.497 e. The Morgan fingerprint density at radius 1 is 1.19 bits per heavy atom. The van der Waals surface area contributed by atoms with Gasteiger partial charge in [-0.1, -0.05) is 20.8 Å². The van der Waals surface area contributed by atoms with Crippen molar-refractivity contribution in [2.75, 3.05) is 13.7 Å². The first kappa shape index (κ1) is 14.4. The number of hydrogen-bond donors (Lipinski definition) is 0. The van der Waals surface area contributed by atoms with Gasteiger partial charge in [0.1, 0.15) is 5.75 Å². The topological polar surface area (TPSA) is 29.5 Å². The minimum Gasteiger partial charge on any atom is -0.497 e. The number of fused-ring (bicyclic) bond motifs is 2. The number of carbonyl (C=O) groups excluding carboxylic acids is 1. The number of carbonyl (C=O) groups is 1. The molecule has 1 amide bonds. The van der Waals surface area contributed by atoms with Crippen LogP contribution in [0.2, 0.25) is 0 Å². The first-order valence-electron chi connectivity index (χ1n) is 7.77. The summed E-state index contributed by atoms with van der Waals surface area (Å²) in [6.07, 6.45) is 3.48. The molecule has 0 N–H and O–H groups in total. The second-order valence-electron chi connectivity index (χ2n) is 7.88. The van der Waals surface area contributed by atoms with E-state index >= 15 is 0 Å². The molecule has 3 rings (SSSR count). The first-order chi connectivity index (χ1) is 9.82. The summed E-state index contributed by atoms with van der Waals surface area (Å²) in [6.45, 7) is 7.89. The molecule has 1 heterocycles. The average Bonchev–Trinajstić information content (AvgIpc) is 2.67. The quantitative estimate of drug-likeness (QED) is 0.829. The van der Waals surface area contributed by atoms with Crippen molar-refractivity contribution in [2.45, 2.75) is 46.1 Å². The van der Waals surface area contributed by atoms with Crippen molar-refractivity contribution < 1.29 is 9.53 Å². The summed E-state index contributed by atoms with van der Waals surface area (Å²) in [6, 6.07) is 7.86. The summed E-state index contributed by atoms with van der Waals surface area (Å²) in [5.74, 6) is 0.962. The lowest BCUT2D eigenvalue weighted by atomic mass is 9.65. The van der Waals surface area contributed by atoms with E-state index in [0.717, 1.165) is 30.7 Å². The number of nitrogens with zero attached hydrogens (tertiary/aromatic N) is 1. The maximum atomic E-state index is 12.8. The van der Waals surface area contributed by atoms with E-state index in [-0.39, 0.29) is 11.3 Å². The molecule has 0 radical (unpaired) electrons. The maximum Gasteiger partial charge on any atom is 0.254 e. The number of methoxy groups -OCH3 is 1. The van der Waals surface area contributed by atoms with Gasteiger partial charge in [-0.25, -0.2) is 0 Å². The van der Waals surface area contributed by atoms with Crippen LogP contribution in [0.1, 0.15) is 50.4 Å². The highest BCUT2D eigenvalue weighted by atomic mass is 16.5. The smallest absolute Gasteiger partial charge is 0.254 e. The Bertz CT molecular complexity index is 549. The van der Waals surface area contributed by atoms with Crippen molar-refractivity contribution in [3.63, 3.8) is 0 Å². The van der Waals surface area contributed by atoms with Crippen molar-refractivity contribution in [1.82, 2.24) is 4.90 Å². The molecule has 1 saturated heterocycles. The molecule has 2 aliphatic rings. The van der Waals surface area contributed by atoms with Gasteiger partial charge in [0.15, 0.2) is 0 Å². The van der Waals surface area contributed by atoms with Crippen LogP contribution in [0.5, 0.6) is 5.75 Å². The number of benzene rings is 1. The second-order valence-corrected chi connectivity index (χ2v) is 7.88. The van der Waals surface area contributed by atoms with E-state index in [4.69, 9.17) is 4.74 Å². The normalized spacial score (nSPS) is 30.3. The van der Waals surface area contributed by atoms with Gasteiger partial charge in [-0.05, 0) is 54.4 Å². The van der Waals surface area contributed by atoms with E-state index in [0.29, 0.717) is 11.5 Å². The third-order valence-corrected chi connectivity index (χ3v) is 5.01. The molecule has 3 nitrogen and oxygen atoms in total. The zero-order valence-corrected chi connectivity index (χ0v) is 13.5. The van der Waals surface area contributed by atoms with Gasteiger partial charge < -0.3 is 9.64 Å². The fraction of sp³-hybridized carbons (Fsp3) is 0.611. The van der Waals surface area contributed by atoms with Crippen LogP contribution in [0.3, 0.4) is 0 Å². The summed E-state index contributed by atoms with van der Waals surface area (Å²) >= 11 is 0. The Hall–Kier alpha value is -1.51. The number of rotatable bonds is 2. The van der Waals surface area contributed by atoms with Crippen LogP contribution >= 0.6 is 0 Å². The molecule has 2 bridgehead atoms. The van der Waals surface area contributed by atoms with Gasteiger partial charge in [0.2, 0.25) is 0 Å². The van der Waals surface area contributed by atoms with Crippen LogP contribution in [0.4, 0.5) is 0 Å². The minimum atomic E-state index is 0.170. The predicted octanol–water partition coefficient (Wildman–Crippen LogP) is 3.74. The van der Waals surface area contributed by atoms with Crippen molar-refractivity contribution in [2.24, 2.45) is 10.8 Å². The van der Waals surface area contributed by atoms with E-state index in [9.17, 15) is 4.79 Å². The van der Waals surface area contributed by atoms with Crippen LogP contribution in [0.25, 0.3) is 0 Å². The third-order valence-electron chi connectivity index (χ3n) is 5.01. The monoisotopic (exact) mass is 287 g/mol. The third kappa shape index (κ3) is 2.66. The molecule has 0 unspecified atom stereocenters. The average molecular weight is 287 g/mol. The molecule has 1 aliphatic heterocycles. The Morgan fingerprint density at radius 2 is 1.86 bits per heavy atom. The SMILES string of the molecule is COc1ccc(C(=O)N2C[C@]3(C)C[C@H]2CC(C)(C)C3)cc1. The standard InChI is InChI=1S/C18H25NO2/c1-17(2)9-14-10-18(3,11-17)12-19(14)16(20)13-5-7-15(21-4)8-6-13/h5-8,14H,9-12H2,1-4H3/t14-,18-/m1/s1. The predicted molar refractivity (Wildman–Crippen MR) is 83.6 cm³/mol. The van der Waals surface area contributed by atoms with E-state index in [1.54, 1.807) is 7.11 Å². The van der Waals surface area contributed by atoms with Crippen LogP contribution in [0.15, 0.2) is 24.3 Å². The number of ether oxygens (including phenoxy) is 1. The maximum absolute atomic E-state index is 12.8. The molecule has 1 aliphatic carbocycles. The number of likely N-dealkylation sites (tertiary alicyclic amines) is 1. The van der Waals surface area contributed by atoms with E-state index < -0.39 is 0 Å². The van der Waals surface area contributed by atoms with Crippen LogP contribution in [0, 0.1) is 10.8 Å². The lowest BCUT2D eigenvalue weighted by molar-refractivity contribution is 0.0708. The number of amides is 1. The molecule has 2 fully saturated rings. The van der Waals surface area contributed by atoms with Gasteiger partial charge in [-0.15, -0.1) is 0 Å². The fourth-order valence-corrected chi connectivity index (χ4v) is 4.60. The summed E-state index contributed by atoms with van der Waals surface area (Å²) in [5.41, 5.74) is 1.39. The van der Waals surface area contributed by atoms with Crippen molar-refractivity contribution in [3.05, 3.63) is 29.8 Å². The molecule has 1 aromatic rings. The Balaban J connectivity index is 1.82. The molecule has 114 valence electrons. The molecule has 2 atom stereocenters. The van der Waals surface area contributed by atoms with E-state index in [1.165, 1.54) is 6.42 Å². The van der Waals surface area contributed by atoms with Gasteiger partial charge >= 0.3 is 0 Å². The van der Waals surface area contributed by atoms with Gasteiger partial charge in [0, 0.05) is 18.2 Å². The van der Waals surface area contributed by atoms with Crippen LogP contribution < -0.4 is 4.74 Å². The summed E-state index contributed by atoms with van der Waals surface area (Å²) in [7, 11) is 1.64. The molecular formula is C18H25NO2. The molecule has 0 aromatic heterocycles. The zero-order chi connectivity index (χ0) is 15.3. The molecule has 0 spiro atoms. The number of hydrogen-bond acceptors (Lipinski definition) is 2. The molecule has 1 saturated carbocycles.